The first-order valence-electron chi connectivity index (χ1n) is 6.11. The Morgan fingerprint density at radius 1 is 1.19 bits per heavy atom. The van der Waals surface area contributed by atoms with Crippen molar-refractivity contribution in [3.8, 4) is 11.5 Å². The van der Waals surface area contributed by atoms with Gasteiger partial charge in [0.1, 0.15) is 18.2 Å². The van der Waals surface area contributed by atoms with Gasteiger partial charge in [-0.1, -0.05) is 12.1 Å². The maximum atomic E-state index is 13.5. The molecule has 0 radical (unpaired) electrons. The molecule has 0 aliphatic heterocycles. The SMILES string of the molecule is COc1cc(COc2cccc(F)c2F)ccc1C(=N)N. The van der Waals surface area contributed by atoms with E-state index in [0.29, 0.717) is 16.9 Å². The van der Waals surface area contributed by atoms with E-state index < -0.39 is 11.6 Å². The summed E-state index contributed by atoms with van der Waals surface area (Å²) in [6.07, 6.45) is 0. The van der Waals surface area contributed by atoms with E-state index >= 15 is 0 Å². The molecule has 0 bridgehead atoms. The molecular weight excluding hydrogens is 278 g/mol. The number of nitrogens with one attached hydrogen (secondary N) is 1. The molecular formula is C15H14F2N2O2. The summed E-state index contributed by atoms with van der Waals surface area (Å²) in [5.41, 5.74) is 6.56. The largest absolute Gasteiger partial charge is 0.496 e. The predicted molar refractivity (Wildman–Crippen MR) is 74.7 cm³/mol. The van der Waals surface area contributed by atoms with Crippen molar-refractivity contribution < 1.29 is 18.3 Å². The summed E-state index contributed by atoms with van der Waals surface area (Å²) in [7, 11) is 1.46. The molecule has 0 atom stereocenters. The van der Waals surface area contributed by atoms with Gasteiger partial charge in [-0.25, -0.2) is 4.39 Å². The number of halogens is 2. The summed E-state index contributed by atoms with van der Waals surface area (Å²) < 4.78 is 36.9. The summed E-state index contributed by atoms with van der Waals surface area (Å²) >= 11 is 0. The highest BCUT2D eigenvalue weighted by atomic mass is 19.2. The Morgan fingerprint density at radius 2 is 1.95 bits per heavy atom. The van der Waals surface area contributed by atoms with E-state index in [1.54, 1.807) is 18.2 Å². The second-order valence-electron chi connectivity index (χ2n) is 4.29. The topological polar surface area (TPSA) is 68.3 Å². The third-order valence-electron chi connectivity index (χ3n) is 2.87. The van der Waals surface area contributed by atoms with Gasteiger partial charge >= 0.3 is 0 Å². The molecule has 4 nitrogen and oxygen atoms in total. The van der Waals surface area contributed by atoms with Crippen molar-refractivity contribution in [2.24, 2.45) is 5.73 Å². The Bertz CT molecular complexity index is 675. The number of amidine groups is 1. The van der Waals surface area contributed by atoms with E-state index in [1.807, 2.05) is 0 Å². The number of nitrogens with two attached hydrogens (primary N) is 1. The maximum Gasteiger partial charge on any atom is 0.200 e. The molecule has 0 fully saturated rings. The summed E-state index contributed by atoms with van der Waals surface area (Å²) in [6, 6.07) is 8.66. The van der Waals surface area contributed by atoms with Gasteiger partial charge in [-0.2, -0.15) is 4.39 Å². The van der Waals surface area contributed by atoms with Crippen molar-refractivity contribution in [1.82, 2.24) is 0 Å². The first kappa shape index (κ1) is 14.8. The highest BCUT2D eigenvalue weighted by Crippen LogP contribution is 2.23. The van der Waals surface area contributed by atoms with Crippen LogP contribution in [0.5, 0.6) is 11.5 Å². The average Bonchev–Trinajstić information content (AvgIpc) is 2.48. The van der Waals surface area contributed by atoms with Crippen LogP contribution in [0.25, 0.3) is 0 Å². The van der Waals surface area contributed by atoms with Crippen molar-refractivity contribution in [3.05, 3.63) is 59.2 Å². The van der Waals surface area contributed by atoms with Crippen LogP contribution in [0.2, 0.25) is 0 Å². The van der Waals surface area contributed by atoms with Crippen LogP contribution in [0, 0.1) is 17.0 Å². The molecule has 0 aliphatic rings. The highest BCUT2D eigenvalue weighted by molar-refractivity contribution is 5.97. The zero-order valence-electron chi connectivity index (χ0n) is 11.3. The fraction of sp³-hybridized carbons (Fsp3) is 0.133. The molecule has 0 amide bonds. The number of hydrogen-bond acceptors (Lipinski definition) is 3. The zero-order chi connectivity index (χ0) is 15.4. The van der Waals surface area contributed by atoms with Gasteiger partial charge < -0.3 is 15.2 Å². The molecule has 2 aromatic rings. The molecule has 0 saturated carbocycles. The molecule has 0 saturated heterocycles. The Kier molecular flexibility index (Phi) is 4.37. The minimum Gasteiger partial charge on any atom is -0.496 e. The lowest BCUT2D eigenvalue weighted by atomic mass is 10.1. The second-order valence-corrected chi connectivity index (χ2v) is 4.29. The molecule has 3 N–H and O–H groups in total. The number of ether oxygens (including phenoxy) is 2. The van der Waals surface area contributed by atoms with Gasteiger partial charge in [0.25, 0.3) is 0 Å². The number of hydrogen-bond donors (Lipinski definition) is 2. The maximum absolute atomic E-state index is 13.5. The van der Waals surface area contributed by atoms with E-state index in [9.17, 15) is 8.78 Å². The predicted octanol–water partition coefficient (Wildman–Crippen LogP) is 2.84. The molecule has 0 unspecified atom stereocenters. The molecule has 2 rings (SSSR count). The lowest BCUT2D eigenvalue weighted by Crippen LogP contribution is -2.13. The second kappa shape index (κ2) is 6.21. The molecule has 0 spiro atoms. The van der Waals surface area contributed by atoms with E-state index in [0.717, 1.165) is 6.07 Å². The van der Waals surface area contributed by atoms with Crippen LogP contribution in [-0.2, 0) is 6.61 Å². The number of rotatable bonds is 5. The number of nitrogen functional groups attached to an aromatic ring is 1. The fourth-order valence-electron chi connectivity index (χ4n) is 1.80. The van der Waals surface area contributed by atoms with Gasteiger partial charge in [-0.15, -0.1) is 0 Å². The number of benzene rings is 2. The Labute approximate surface area is 120 Å². The van der Waals surface area contributed by atoms with Crippen LogP contribution in [0.4, 0.5) is 8.78 Å². The Balaban J connectivity index is 2.17. The van der Waals surface area contributed by atoms with Gasteiger partial charge in [0.15, 0.2) is 11.6 Å². The normalized spacial score (nSPS) is 10.2. The molecule has 6 heteroatoms. The molecule has 21 heavy (non-hydrogen) atoms. The summed E-state index contributed by atoms with van der Waals surface area (Å²) in [5, 5.41) is 7.41. The van der Waals surface area contributed by atoms with Crippen molar-refractivity contribution in [1.29, 1.82) is 5.41 Å². The van der Waals surface area contributed by atoms with E-state index in [4.69, 9.17) is 20.6 Å². The molecule has 0 aliphatic carbocycles. The summed E-state index contributed by atoms with van der Waals surface area (Å²) in [4.78, 5) is 0. The van der Waals surface area contributed by atoms with Gasteiger partial charge in [0.05, 0.1) is 12.7 Å². The molecule has 0 aromatic heterocycles. The van der Waals surface area contributed by atoms with Crippen molar-refractivity contribution in [3.63, 3.8) is 0 Å². The van der Waals surface area contributed by atoms with Crippen molar-refractivity contribution in [2.45, 2.75) is 6.61 Å². The quantitative estimate of drug-likeness (QED) is 0.657. The highest BCUT2D eigenvalue weighted by Gasteiger charge is 2.10. The van der Waals surface area contributed by atoms with E-state index in [1.165, 1.54) is 19.2 Å². The van der Waals surface area contributed by atoms with E-state index in [2.05, 4.69) is 0 Å². The molecule has 0 heterocycles. The third-order valence-corrected chi connectivity index (χ3v) is 2.87. The van der Waals surface area contributed by atoms with E-state index in [-0.39, 0.29) is 18.2 Å². The summed E-state index contributed by atoms with van der Waals surface area (Å²) in [5.74, 6) is -1.84. The third kappa shape index (κ3) is 3.28. The van der Waals surface area contributed by atoms with Gasteiger partial charge in [-0.3, -0.25) is 5.41 Å². The average molecular weight is 292 g/mol. The Hall–Kier alpha value is -2.63. The van der Waals surface area contributed by atoms with Crippen molar-refractivity contribution in [2.75, 3.05) is 7.11 Å². The monoisotopic (exact) mass is 292 g/mol. The Morgan fingerprint density at radius 3 is 2.62 bits per heavy atom. The first-order valence-corrected chi connectivity index (χ1v) is 6.11. The summed E-state index contributed by atoms with van der Waals surface area (Å²) in [6.45, 7) is 0.0366. The lowest BCUT2D eigenvalue weighted by Gasteiger charge is -2.11. The van der Waals surface area contributed by atoms with Crippen LogP contribution in [0.15, 0.2) is 36.4 Å². The molecule has 110 valence electrons. The molecule has 2 aromatic carbocycles. The van der Waals surface area contributed by atoms with Crippen LogP contribution in [0.3, 0.4) is 0 Å². The minimum atomic E-state index is -1.02. The fourth-order valence-corrected chi connectivity index (χ4v) is 1.80. The van der Waals surface area contributed by atoms with Crippen LogP contribution >= 0.6 is 0 Å². The van der Waals surface area contributed by atoms with Crippen LogP contribution in [0.1, 0.15) is 11.1 Å². The standard InChI is InChI=1S/C15H14F2N2O2/c1-20-13-7-9(5-6-10(13)15(18)19)8-21-12-4-2-3-11(16)14(12)17/h2-7H,8H2,1H3,(H3,18,19). The lowest BCUT2D eigenvalue weighted by molar-refractivity contribution is 0.284. The van der Waals surface area contributed by atoms with Gasteiger partial charge in [0.2, 0.25) is 5.82 Å². The van der Waals surface area contributed by atoms with Crippen molar-refractivity contribution >= 4 is 5.84 Å². The zero-order valence-corrected chi connectivity index (χ0v) is 11.3. The first-order chi connectivity index (χ1) is 10.0. The van der Waals surface area contributed by atoms with Gasteiger partial charge in [0, 0.05) is 0 Å². The number of methoxy groups -OCH3 is 1. The van der Waals surface area contributed by atoms with Crippen LogP contribution < -0.4 is 15.2 Å². The minimum absolute atomic E-state index is 0.0366. The van der Waals surface area contributed by atoms with Crippen LogP contribution in [-0.4, -0.2) is 12.9 Å². The van der Waals surface area contributed by atoms with Gasteiger partial charge in [-0.05, 0) is 29.8 Å². The smallest absolute Gasteiger partial charge is 0.200 e.